The molecule has 8 nitrogen and oxygen atoms in total. The molecule has 0 aliphatic rings. The van der Waals surface area contributed by atoms with Crippen LogP contribution in [0.25, 0.3) is 11.4 Å². The summed E-state index contributed by atoms with van der Waals surface area (Å²) in [6, 6.07) is 1.85. The van der Waals surface area contributed by atoms with Crippen LogP contribution in [-0.4, -0.2) is 42.7 Å². The van der Waals surface area contributed by atoms with Crippen LogP contribution in [0.15, 0.2) is 16.8 Å². The molecule has 0 aliphatic heterocycles. The van der Waals surface area contributed by atoms with Crippen molar-refractivity contribution in [3.8, 4) is 11.4 Å². The van der Waals surface area contributed by atoms with Gasteiger partial charge in [0, 0.05) is 10.9 Å². The molecule has 1 amide bonds. The van der Waals surface area contributed by atoms with Gasteiger partial charge in [0.15, 0.2) is 0 Å². The normalized spacial score (nSPS) is 11.3. The number of carboxylic acids is 1. The van der Waals surface area contributed by atoms with E-state index in [1.807, 2.05) is 16.8 Å². The molecule has 0 aromatic carbocycles. The van der Waals surface area contributed by atoms with Crippen molar-refractivity contribution in [1.29, 1.82) is 0 Å². The Bertz CT molecular complexity index is 620. The van der Waals surface area contributed by atoms with Crippen LogP contribution in [0, 0.1) is 0 Å². The molecule has 2 aromatic rings. The maximum atomic E-state index is 11.7. The number of nitrogens with zero attached hydrogens (tertiary/aromatic N) is 4. The molecule has 0 bridgehead atoms. The molecule has 0 radical (unpaired) electrons. The van der Waals surface area contributed by atoms with Gasteiger partial charge in [0.25, 0.3) is 0 Å². The summed E-state index contributed by atoms with van der Waals surface area (Å²) in [6.07, 6.45) is 0. The van der Waals surface area contributed by atoms with E-state index >= 15 is 0 Å². The van der Waals surface area contributed by atoms with Crippen molar-refractivity contribution in [2.24, 2.45) is 0 Å². The molecule has 2 aromatic heterocycles. The highest BCUT2D eigenvalue weighted by Crippen LogP contribution is 2.16. The molecule has 0 unspecified atom stereocenters. The maximum absolute atomic E-state index is 11.7. The fourth-order valence-corrected chi connectivity index (χ4v) is 2.02. The summed E-state index contributed by atoms with van der Waals surface area (Å²) < 4.78 is 0. The van der Waals surface area contributed by atoms with E-state index < -0.39 is 17.4 Å². The summed E-state index contributed by atoms with van der Waals surface area (Å²) in [4.78, 5) is 23.8. The number of rotatable bonds is 5. The second-order valence-electron chi connectivity index (χ2n) is 4.63. The van der Waals surface area contributed by atoms with E-state index in [1.165, 1.54) is 25.2 Å². The number of nitrogens with one attached hydrogen (secondary N) is 1. The Hall–Kier alpha value is -2.29. The number of amides is 1. The van der Waals surface area contributed by atoms with Crippen LogP contribution in [-0.2, 0) is 16.1 Å². The van der Waals surface area contributed by atoms with Crippen LogP contribution < -0.4 is 5.32 Å². The first-order chi connectivity index (χ1) is 9.38. The summed E-state index contributed by atoms with van der Waals surface area (Å²) >= 11 is 1.51. The van der Waals surface area contributed by atoms with Crippen molar-refractivity contribution in [2.45, 2.75) is 25.9 Å². The molecule has 106 valence electrons. The van der Waals surface area contributed by atoms with Crippen molar-refractivity contribution in [2.75, 3.05) is 0 Å². The minimum atomic E-state index is -1.34. The molecule has 0 saturated heterocycles. The minimum absolute atomic E-state index is 0.187. The predicted octanol–water partition coefficient (Wildman–Crippen LogP) is 0.381. The van der Waals surface area contributed by atoms with E-state index in [1.54, 1.807) is 0 Å². The Morgan fingerprint density at radius 2 is 2.25 bits per heavy atom. The zero-order valence-corrected chi connectivity index (χ0v) is 11.7. The van der Waals surface area contributed by atoms with Gasteiger partial charge in [-0.05, 0) is 30.5 Å². The minimum Gasteiger partial charge on any atom is -0.480 e. The molecule has 20 heavy (non-hydrogen) atoms. The summed E-state index contributed by atoms with van der Waals surface area (Å²) in [7, 11) is 0. The first-order valence-electron chi connectivity index (χ1n) is 5.73. The molecule has 2 rings (SSSR count). The Kier molecular flexibility index (Phi) is 3.79. The zero-order chi connectivity index (χ0) is 14.8. The second kappa shape index (κ2) is 5.37. The van der Waals surface area contributed by atoms with E-state index in [2.05, 4.69) is 20.7 Å². The first-order valence-corrected chi connectivity index (χ1v) is 6.67. The predicted molar refractivity (Wildman–Crippen MR) is 71.0 cm³/mol. The highest BCUT2D eigenvalue weighted by atomic mass is 32.1. The molecular weight excluding hydrogens is 282 g/mol. The number of carbonyl (C=O) groups is 2. The second-order valence-corrected chi connectivity index (χ2v) is 5.41. The van der Waals surface area contributed by atoms with Crippen molar-refractivity contribution < 1.29 is 14.7 Å². The molecule has 2 heterocycles. The molecule has 9 heteroatoms. The lowest BCUT2D eigenvalue weighted by atomic mass is 10.1. The number of aromatic nitrogens is 4. The van der Waals surface area contributed by atoms with Crippen LogP contribution >= 0.6 is 11.3 Å². The fraction of sp³-hybridized carbons (Fsp3) is 0.364. The third kappa shape index (κ3) is 3.18. The number of tetrazole rings is 1. The highest BCUT2D eigenvalue weighted by molar-refractivity contribution is 7.08. The van der Waals surface area contributed by atoms with Gasteiger partial charge in [0.1, 0.15) is 12.1 Å². The molecule has 0 aliphatic carbocycles. The fourth-order valence-electron chi connectivity index (χ4n) is 1.39. The molecule has 0 fully saturated rings. The average molecular weight is 295 g/mol. The number of carbonyl (C=O) groups excluding carboxylic acids is 1. The Labute approximate surface area is 118 Å². The van der Waals surface area contributed by atoms with E-state index in [4.69, 9.17) is 5.11 Å². The highest BCUT2D eigenvalue weighted by Gasteiger charge is 2.29. The Morgan fingerprint density at radius 1 is 1.50 bits per heavy atom. The molecule has 2 N–H and O–H groups in total. The van der Waals surface area contributed by atoms with Crippen LogP contribution in [0.5, 0.6) is 0 Å². The quantitative estimate of drug-likeness (QED) is 0.825. The number of carboxylic acid groups (broad SMARTS) is 1. The summed E-state index contributed by atoms with van der Waals surface area (Å²) in [6.45, 7) is 2.62. The molecule has 0 atom stereocenters. The van der Waals surface area contributed by atoms with Gasteiger partial charge in [0.05, 0.1) is 0 Å². The maximum Gasteiger partial charge on any atom is 0.328 e. The van der Waals surface area contributed by atoms with Gasteiger partial charge in [-0.1, -0.05) is 0 Å². The van der Waals surface area contributed by atoms with Crippen molar-refractivity contribution in [3.05, 3.63) is 16.8 Å². The Balaban J connectivity index is 2.01. The summed E-state index contributed by atoms with van der Waals surface area (Å²) in [5, 5.41) is 26.7. The number of hydrogen-bond acceptors (Lipinski definition) is 6. The molecular formula is C11H13N5O3S. The van der Waals surface area contributed by atoms with E-state index in [9.17, 15) is 9.59 Å². The van der Waals surface area contributed by atoms with Crippen LogP contribution in [0.1, 0.15) is 13.8 Å². The smallest absolute Gasteiger partial charge is 0.328 e. The monoisotopic (exact) mass is 295 g/mol. The van der Waals surface area contributed by atoms with Gasteiger partial charge < -0.3 is 10.4 Å². The van der Waals surface area contributed by atoms with Gasteiger partial charge in [0.2, 0.25) is 11.7 Å². The van der Waals surface area contributed by atoms with E-state index in [-0.39, 0.29) is 6.54 Å². The standard InChI is InChI=1S/C11H13N5O3S/c1-11(2,10(18)19)12-8(17)5-16-14-9(13-15-16)7-3-4-20-6-7/h3-4,6H,5H2,1-2H3,(H,12,17)(H,18,19). The largest absolute Gasteiger partial charge is 0.480 e. The van der Waals surface area contributed by atoms with E-state index in [0.29, 0.717) is 5.82 Å². The van der Waals surface area contributed by atoms with Gasteiger partial charge in [-0.15, -0.1) is 10.2 Å². The van der Waals surface area contributed by atoms with Gasteiger partial charge in [-0.2, -0.15) is 16.1 Å². The van der Waals surface area contributed by atoms with E-state index in [0.717, 1.165) is 10.4 Å². The van der Waals surface area contributed by atoms with Crippen molar-refractivity contribution in [1.82, 2.24) is 25.5 Å². The average Bonchev–Trinajstić information content (AvgIpc) is 2.97. The van der Waals surface area contributed by atoms with Crippen LogP contribution in [0.3, 0.4) is 0 Å². The molecule has 0 spiro atoms. The summed E-state index contributed by atoms with van der Waals surface area (Å²) in [5.41, 5.74) is -0.513. The van der Waals surface area contributed by atoms with Gasteiger partial charge in [-0.25, -0.2) is 4.79 Å². The zero-order valence-electron chi connectivity index (χ0n) is 10.9. The van der Waals surface area contributed by atoms with Crippen molar-refractivity contribution in [3.63, 3.8) is 0 Å². The number of aliphatic carboxylic acids is 1. The lowest BCUT2D eigenvalue weighted by Crippen LogP contribution is -2.50. The molecule has 0 saturated carbocycles. The van der Waals surface area contributed by atoms with Crippen LogP contribution in [0.4, 0.5) is 0 Å². The third-order valence-corrected chi connectivity index (χ3v) is 3.19. The topological polar surface area (TPSA) is 110 Å². The lowest BCUT2D eigenvalue weighted by molar-refractivity contribution is -0.146. The van der Waals surface area contributed by atoms with Crippen LogP contribution in [0.2, 0.25) is 0 Å². The van der Waals surface area contributed by atoms with Crippen molar-refractivity contribution >= 4 is 23.2 Å². The number of thiophene rings is 1. The Morgan fingerprint density at radius 3 is 2.85 bits per heavy atom. The van der Waals surface area contributed by atoms with Gasteiger partial charge in [-0.3, -0.25) is 4.79 Å². The summed E-state index contributed by atoms with van der Waals surface area (Å²) in [5.74, 6) is -1.18. The number of hydrogen-bond donors (Lipinski definition) is 2. The lowest BCUT2D eigenvalue weighted by Gasteiger charge is -2.20. The SMILES string of the molecule is CC(C)(NC(=O)Cn1nnc(-c2ccsc2)n1)C(=O)O. The third-order valence-electron chi connectivity index (χ3n) is 2.50. The van der Waals surface area contributed by atoms with Gasteiger partial charge >= 0.3 is 5.97 Å². The first kappa shape index (κ1) is 14.1.